The summed E-state index contributed by atoms with van der Waals surface area (Å²) in [6.07, 6.45) is 3.02. The molecule has 0 amide bonds. The van der Waals surface area contributed by atoms with Crippen LogP contribution in [0.3, 0.4) is 0 Å². The topological polar surface area (TPSA) is 58.8 Å². The standard InChI is InChI=1S/C11H7N3O/c12-7-9-1-3-10(4-2-9)15-11-5-6-13-8-14-11/h1-6,8H. The van der Waals surface area contributed by atoms with Crippen LogP contribution in [0.4, 0.5) is 0 Å². The average molecular weight is 197 g/mol. The first-order valence-electron chi connectivity index (χ1n) is 4.32. The maximum atomic E-state index is 8.61. The minimum absolute atomic E-state index is 0.481. The summed E-state index contributed by atoms with van der Waals surface area (Å²) >= 11 is 0. The number of hydrogen-bond donors (Lipinski definition) is 0. The van der Waals surface area contributed by atoms with Gasteiger partial charge >= 0.3 is 0 Å². The first kappa shape index (κ1) is 9.16. The van der Waals surface area contributed by atoms with E-state index in [-0.39, 0.29) is 0 Å². The van der Waals surface area contributed by atoms with Crippen LogP contribution in [0.2, 0.25) is 0 Å². The predicted octanol–water partition coefficient (Wildman–Crippen LogP) is 2.14. The van der Waals surface area contributed by atoms with Crippen molar-refractivity contribution in [3.8, 4) is 17.7 Å². The maximum Gasteiger partial charge on any atom is 0.222 e. The van der Waals surface area contributed by atoms with Crippen LogP contribution in [0.1, 0.15) is 5.56 Å². The molecule has 0 saturated carbocycles. The second-order valence-electron chi connectivity index (χ2n) is 2.79. The van der Waals surface area contributed by atoms with E-state index in [1.807, 2.05) is 6.07 Å². The van der Waals surface area contributed by atoms with Crippen LogP contribution in [0.15, 0.2) is 42.9 Å². The number of benzene rings is 1. The van der Waals surface area contributed by atoms with Crippen LogP contribution in [0.25, 0.3) is 0 Å². The number of ether oxygens (including phenoxy) is 1. The summed E-state index contributed by atoms with van der Waals surface area (Å²) in [5.41, 5.74) is 0.602. The van der Waals surface area contributed by atoms with Crippen molar-refractivity contribution in [3.05, 3.63) is 48.4 Å². The van der Waals surface area contributed by atoms with Crippen molar-refractivity contribution < 1.29 is 4.74 Å². The second kappa shape index (κ2) is 4.20. The summed E-state index contributed by atoms with van der Waals surface area (Å²) in [5.74, 6) is 1.13. The highest BCUT2D eigenvalue weighted by Gasteiger charge is 1.97. The number of aromatic nitrogens is 2. The molecule has 0 spiro atoms. The molecule has 2 rings (SSSR count). The predicted molar refractivity (Wildman–Crippen MR) is 53.3 cm³/mol. The number of nitriles is 1. The van der Waals surface area contributed by atoms with Gasteiger partial charge < -0.3 is 4.74 Å². The molecule has 0 atom stereocenters. The molecular weight excluding hydrogens is 190 g/mol. The van der Waals surface area contributed by atoms with Crippen LogP contribution >= 0.6 is 0 Å². The van der Waals surface area contributed by atoms with E-state index < -0.39 is 0 Å². The second-order valence-corrected chi connectivity index (χ2v) is 2.79. The highest BCUT2D eigenvalue weighted by atomic mass is 16.5. The summed E-state index contributed by atoms with van der Waals surface area (Å²) in [5, 5.41) is 8.61. The SMILES string of the molecule is N#Cc1ccc(Oc2ccncn2)cc1. The van der Waals surface area contributed by atoms with Crippen molar-refractivity contribution in [2.75, 3.05) is 0 Å². The van der Waals surface area contributed by atoms with Gasteiger partial charge in [-0.15, -0.1) is 0 Å². The number of hydrogen-bond acceptors (Lipinski definition) is 4. The van der Waals surface area contributed by atoms with E-state index in [0.29, 0.717) is 17.2 Å². The lowest BCUT2D eigenvalue weighted by Gasteiger charge is -2.02. The van der Waals surface area contributed by atoms with Gasteiger partial charge in [-0.1, -0.05) is 0 Å². The van der Waals surface area contributed by atoms with Gasteiger partial charge in [-0.25, -0.2) is 9.97 Å². The zero-order chi connectivity index (χ0) is 10.5. The number of nitrogens with zero attached hydrogens (tertiary/aromatic N) is 3. The summed E-state index contributed by atoms with van der Waals surface area (Å²) < 4.78 is 5.42. The lowest BCUT2D eigenvalue weighted by atomic mass is 10.2. The van der Waals surface area contributed by atoms with Crippen molar-refractivity contribution in [2.45, 2.75) is 0 Å². The normalized spacial score (nSPS) is 9.27. The summed E-state index contributed by atoms with van der Waals surface area (Å²) in [4.78, 5) is 7.70. The van der Waals surface area contributed by atoms with Gasteiger partial charge in [0.05, 0.1) is 11.6 Å². The lowest BCUT2D eigenvalue weighted by molar-refractivity contribution is 0.461. The van der Waals surface area contributed by atoms with E-state index >= 15 is 0 Å². The first-order chi connectivity index (χ1) is 7.38. The summed E-state index contributed by atoms with van der Waals surface area (Å²) in [6.45, 7) is 0. The van der Waals surface area contributed by atoms with Crippen LogP contribution < -0.4 is 4.74 Å². The smallest absolute Gasteiger partial charge is 0.222 e. The van der Waals surface area contributed by atoms with Crippen molar-refractivity contribution in [1.29, 1.82) is 5.26 Å². The van der Waals surface area contributed by atoms with Gasteiger partial charge in [0.25, 0.3) is 0 Å². The minimum Gasteiger partial charge on any atom is -0.439 e. The molecule has 0 saturated heterocycles. The Labute approximate surface area is 86.8 Å². The fourth-order valence-corrected chi connectivity index (χ4v) is 1.06. The van der Waals surface area contributed by atoms with Gasteiger partial charge in [-0.2, -0.15) is 5.26 Å². The van der Waals surface area contributed by atoms with E-state index in [2.05, 4.69) is 9.97 Å². The molecule has 1 aromatic carbocycles. The van der Waals surface area contributed by atoms with Gasteiger partial charge in [0.2, 0.25) is 5.88 Å². The molecule has 0 aliphatic heterocycles. The van der Waals surface area contributed by atoms with E-state index in [1.54, 1.807) is 36.5 Å². The van der Waals surface area contributed by atoms with Crippen LogP contribution in [0.5, 0.6) is 11.6 Å². The van der Waals surface area contributed by atoms with Gasteiger partial charge in [-0.3, -0.25) is 0 Å². The largest absolute Gasteiger partial charge is 0.439 e. The Balaban J connectivity index is 2.16. The zero-order valence-corrected chi connectivity index (χ0v) is 7.79. The molecule has 0 unspecified atom stereocenters. The maximum absolute atomic E-state index is 8.61. The molecule has 0 bridgehead atoms. The average Bonchev–Trinajstić information content (AvgIpc) is 2.31. The fourth-order valence-electron chi connectivity index (χ4n) is 1.06. The minimum atomic E-state index is 0.481. The van der Waals surface area contributed by atoms with Crippen molar-refractivity contribution in [1.82, 2.24) is 9.97 Å². The van der Waals surface area contributed by atoms with Crippen molar-refractivity contribution in [2.24, 2.45) is 0 Å². The van der Waals surface area contributed by atoms with Crippen LogP contribution in [-0.4, -0.2) is 9.97 Å². The van der Waals surface area contributed by atoms with Crippen molar-refractivity contribution >= 4 is 0 Å². The van der Waals surface area contributed by atoms with Gasteiger partial charge in [-0.05, 0) is 24.3 Å². The van der Waals surface area contributed by atoms with E-state index in [9.17, 15) is 0 Å². The first-order valence-corrected chi connectivity index (χ1v) is 4.32. The number of rotatable bonds is 2. The van der Waals surface area contributed by atoms with Gasteiger partial charge in [0.15, 0.2) is 0 Å². The Bertz CT molecular complexity index is 473. The molecule has 15 heavy (non-hydrogen) atoms. The molecule has 4 nitrogen and oxygen atoms in total. The molecule has 0 aliphatic rings. The third-order valence-electron chi connectivity index (χ3n) is 1.76. The Morgan fingerprint density at radius 1 is 1.13 bits per heavy atom. The highest BCUT2D eigenvalue weighted by molar-refractivity contribution is 5.35. The molecule has 2 aromatic rings. The molecule has 1 aromatic heterocycles. The third kappa shape index (κ3) is 2.29. The summed E-state index contributed by atoms with van der Waals surface area (Å²) in [6, 6.07) is 10.5. The Hall–Kier alpha value is -2.41. The summed E-state index contributed by atoms with van der Waals surface area (Å²) in [7, 11) is 0. The molecular formula is C11H7N3O. The van der Waals surface area contributed by atoms with E-state index in [1.165, 1.54) is 6.33 Å². The highest BCUT2D eigenvalue weighted by Crippen LogP contribution is 2.18. The molecule has 0 fully saturated rings. The lowest BCUT2D eigenvalue weighted by Crippen LogP contribution is -1.87. The quantitative estimate of drug-likeness (QED) is 0.740. The Kier molecular flexibility index (Phi) is 2.56. The molecule has 0 N–H and O–H groups in total. The fraction of sp³-hybridized carbons (Fsp3) is 0. The molecule has 0 aliphatic carbocycles. The Morgan fingerprint density at radius 3 is 2.53 bits per heavy atom. The molecule has 72 valence electrons. The van der Waals surface area contributed by atoms with E-state index in [0.717, 1.165) is 0 Å². The zero-order valence-electron chi connectivity index (χ0n) is 7.79. The molecule has 4 heteroatoms. The molecule has 1 heterocycles. The van der Waals surface area contributed by atoms with Gasteiger partial charge in [0.1, 0.15) is 12.1 Å². The Morgan fingerprint density at radius 2 is 1.93 bits per heavy atom. The molecule has 0 radical (unpaired) electrons. The van der Waals surface area contributed by atoms with Crippen LogP contribution in [0, 0.1) is 11.3 Å². The monoisotopic (exact) mass is 197 g/mol. The van der Waals surface area contributed by atoms with E-state index in [4.69, 9.17) is 10.00 Å². The third-order valence-corrected chi connectivity index (χ3v) is 1.76. The van der Waals surface area contributed by atoms with Crippen LogP contribution in [-0.2, 0) is 0 Å². The van der Waals surface area contributed by atoms with Gasteiger partial charge in [0, 0.05) is 12.3 Å². The van der Waals surface area contributed by atoms with Crippen molar-refractivity contribution in [3.63, 3.8) is 0 Å².